The van der Waals surface area contributed by atoms with E-state index >= 15 is 0 Å². The van der Waals surface area contributed by atoms with Crippen LogP contribution in [0, 0.1) is 0 Å². The number of nitrogens with zero attached hydrogens (tertiary/aromatic N) is 1. The highest BCUT2D eigenvalue weighted by Crippen LogP contribution is 2.07. The minimum atomic E-state index is 0.855. The zero-order valence-electron chi connectivity index (χ0n) is 7.51. The Morgan fingerprint density at radius 1 is 1.18 bits per heavy atom. The standard InChI is InChI=1S/C9H19NO/c1-2-11-9-8-10-6-4-3-5-7-10/h2-9H2,1H3. The molecule has 0 aliphatic carbocycles. The maximum atomic E-state index is 5.29. The molecule has 1 aliphatic heterocycles. The Hall–Kier alpha value is -0.0800. The van der Waals surface area contributed by atoms with Gasteiger partial charge in [0.25, 0.3) is 0 Å². The van der Waals surface area contributed by atoms with Crippen LogP contribution in [0.15, 0.2) is 0 Å². The third kappa shape index (κ3) is 3.73. The average molecular weight is 157 g/mol. The molecule has 11 heavy (non-hydrogen) atoms. The first-order valence-electron chi connectivity index (χ1n) is 4.73. The summed E-state index contributed by atoms with van der Waals surface area (Å²) in [7, 11) is 0. The molecule has 1 saturated heterocycles. The molecule has 1 fully saturated rings. The SMILES string of the molecule is CCOCCN1CCCCC1. The highest BCUT2D eigenvalue weighted by molar-refractivity contribution is 4.63. The summed E-state index contributed by atoms with van der Waals surface area (Å²) in [6.45, 7) is 7.52. The molecule has 66 valence electrons. The van der Waals surface area contributed by atoms with E-state index in [1.807, 2.05) is 0 Å². The maximum absolute atomic E-state index is 5.29. The lowest BCUT2D eigenvalue weighted by molar-refractivity contribution is 0.105. The maximum Gasteiger partial charge on any atom is 0.0593 e. The van der Waals surface area contributed by atoms with Gasteiger partial charge >= 0.3 is 0 Å². The van der Waals surface area contributed by atoms with E-state index in [9.17, 15) is 0 Å². The van der Waals surface area contributed by atoms with E-state index in [1.165, 1.54) is 32.4 Å². The lowest BCUT2D eigenvalue weighted by atomic mass is 10.1. The third-order valence-electron chi connectivity index (χ3n) is 2.20. The van der Waals surface area contributed by atoms with E-state index < -0.39 is 0 Å². The fraction of sp³-hybridized carbons (Fsp3) is 1.00. The van der Waals surface area contributed by atoms with Crippen molar-refractivity contribution in [3.05, 3.63) is 0 Å². The number of hydrogen-bond acceptors (Lipinski definition) is 2. The van der Waals surface area contributed by atoms with E-state index in [0.717, 1.165) is 19.8 Å². The molecule has 1 rings (SSSR count). The van der Waals surface area contributed by atoms with Crippen molar-refractivity contribution in [2.45, 2.75) is 26.2 Å². The summed E-state index contributed by atoms with van der Waals surface area (Å²) in [6, 6.07) is 0. The Balaban J connectivity index is 1.96. The minimum Gasteiger partial charge on any atom is -0.380 e. The minimum absolute atomic E-state index is 0.855. The Morgan fingerprint density at radius 2 is 1.91 bits per heavy atom. The fourth-order valence-corrected chi connectivity index (χ4v) is 1.52. The van der Waals surface area contributed by atoms with Crippen LogP contribution in [-0.4, -0.2) is 37.7 Å². The summed E-state index contributed by atoms with van der Waals surface area (Å²) >= 11 is 0. The van der Waals surface area contributed by atoms with Crippen LogP contribution in [0.4, 0.5) is 0 Å². The number of likely N-dealkylation sites (tertiary alicyclic amines) is 1. The first-order chi connectivity index (χ1) is 5.43. The van der Waals surface area contributed by atoms with Crippen LogP contribution < -0.4 is 0 Å². The van der Waals surface area contributed by atoms with Gasteiger partial charge in [-0.3, -0.25) is 0 Å². The molecule has 0 aromatic carbocycles. The third-order valence-corrected chi connectivity index (χ3v) is 2.20. The zero-order valence-corrected chi connectivity index (χ0v) is 7.51. The second-order valence-electron chi connectivity index (χ2n) is 3.10. The van der Waals surface area contributed by atoms with Crippen molar-refractivity contribution in [2.24, 2.45) is 0 Å². The van der Waals surface area contributed by atoms with E-state index in [1.54, 1.807) is 0 Å². The Labute approximate surface area is 69.5 Å². The van der Waals surface area contributed by atoms with Crippen LogP contribution in [0.5, 0.6) is 0 Å². The Kier molecular flexibility index (Phi) is 4.55. The van der Waals surface area contributed by atoms with Crippen LogP contribution in [0.1, 0.15) is 26.2 Å². The highest BCUT2D eigenvalue weighted by Gasteiger charge is 2.08. The molecule has 0 aromatic rings. The van der Waals surface area contributed by atoms with Gasteiger partial charge in [-0.1, -0.05) is 6.42 Å². The number of rotatable bonds is 4. The van der Waals surface area contributed by atoms with Crippen molar-refractivity contribution >= 4 is 0 Å². The predicted octanol–water partition coefficient (Wildman–Crippen LogP) is 1.51. The van der Waals surface area contributed by atoms with Gasteiger partial charge in [0.15, 0.2) is 0 Å². The second-order valence-corrected chi connectivity index (χ2v) is 3.10. The van der Waals surface area contributed by atoms with Crippen LogP contribution in [-0.2, 0) is 4.74 Å². The van der Waals surface area contributed by atoms with Crippen molar-refractivity contribution in [3.63, 3.8) is 0 Å². The summed E-state index contributed by atoms with van der Waals surface area (Å²) in [5, 5.41) is 0. The summed E-state index contributed by atoms with van der Waals surface area (Å²) < 4.78 is 5.29. The summed E-state index contributed by atoms with van der Waals surface area (Å²) in [4.78, 5) is 2.50. The summed E-state index contributed by atoms with van der Waals surface area (Å²) in [5.41, 5.74) is 0. The molecule has 1 aliphatic rings. The molecule has 0 amide bonds. The lowest BCUT2D eigenvalue weighted by Gasteiger charge is -2.25. The molecule has 1 heterocycles. The van der Waals surface area contributed by atoms with Gasteiger partial charge in [-0.05, 0) is 32.9 Å². The Morgan fingerprint density at radius 3 is 2.55 bits per heavy atom. The lowest BCUT2D eigenvalue weighted by Crippen LogP contribution is -2.32. The molecule has 0 atom stereocenters. The average Bonchev–Trinajstić information content (AvgIpc) is 2.07. The largest absolute Gasteiger partial charge is 0.380 e. The predicted molar refractivity (Wildman–Crippen MR) is 46.8 cm³/mol. The first-order valence-corrected chi connectivity index (χ1v) is 4.73. The van der Waals surface area contributed by atoms with Gasteiger partial charge in [0.05, 0.1) is 6.61 Å². The number of piperidine rings is 1. The molecule has 0 spiro atoms. The van der Waals surface area contributed by atoms with Crippen LogP contribution in [0.2, 0.25) is 0 Å². The molecule has 0 radical (unpaired) electrons. The zero-order chi connectivity index (χ0) is 7.94. The van der Waals surface area contributed by atoms with Gasteiger partial charge in [0.2, 0.25) is 0 Å². The van der Waals surface area contributed by atoms with E-state index in [2.05, 4.69) is 11.8 Å². The van der Waals surface area contributed by atoms with E-state index in [0.29, 0.717) is 0 Å². The van der Waals surface area contributed by atoms with Crippen LogP contribution in [0.3, 0.4) is 0 Å². The van der Waals surface area contributed by atoms with Crippen molar-refractivity contribution < 1.29 is 4.74 Å². The molecular formula is C9H19NO. The van der Waals surface area contributed by atoms with Crippen molar-refractivity contribution in [3.8, 4) is 0 Å². The molecular weight excluding hydrogens is 138 g/mol. The second kappa shape index (κ2) is 5.56. The van der Waals surface area contributed by atoms with Gasteiger partial charge < -0.3 is 9.64 Å². The highest BCUT2D eigenvalue weighted by atomic mass is 16.5. The van der Waals surface area contributed by atoms with Crippen molar-refractivity contribution in [2.75, 3.05) is 32.8 Å². The monoisotopic (exact) mass is 157 g/mol. The van der Waals surface area contributed by atoms with E-state index in [-0.39, 0.29) is 0 Å². The Bertz CT molecular complexity index is 89.6. The first kappa shape index (κ1) is 9.01. The van der Waals surface area contributed by atoms with Gasteiger partial charge in [-0.25, -0.2) is 0 Å². The smallest absolute Gasteiger partial charge is 0.0593 e. The molecule has 0 N–H and O–H groups in total. The van der Waals surface area contributed by atoms with Crippen LogP contribution >= 0.6 is 0 Å². The molecule has 0 bridgehead atoms. The molecule has 0 unspecified atom stereocenters. The molecule has 2 nitrogen and oxygen atoms in total. The molecule has 2 heteroatoms. The number of hydrogen-bond donors (Lipinski definition) is 0. The molecule has 0 saturated carbocycles. The summed E-state index contributed by atoms with van der Waals surface area (Å²) in [6.07, 6.45) is 4.18. The summed E-state index contributed by atoms with van der Waals surface area (Å²) in [5.74, 6) is 0. The number of ether oxygens (including phenoxy) is 1. The van der Waals surface area contributed by atoms with Crippen LogP contribution in [0.25, 0.3) is 0 Å². The molecule has 0 aromatic heterocycles. The van der Waals surface area contributed by atoms with E-state index in [4.69, 9.17) is 4.74 Å². The quantitative estimate of drug-likeness (QED) is 0.573. The van der Waals surface area contributed by atoms with Gasteiger partial charge in [0, 0.05) is 13.2 Å². The van der Waals surface area contributed by atoms with Gasteiger partial charge in [-0.15, -0.1) is 0 Å². The van der Waals surface area contributed by atoms with Crippen molar-refractivity contribution in [1.82, 2.24) is 4.90 Å². The fourth-order valence-electron chi connectivity index (χ4n) is 1.52. The van der Waals surface area contributed by atoms with Gasteiger partial charge in [-0.2, -0.15) is 0 Å². The van der Waals surface area contributed by atoms with Crippen molar-refractivity contribution in [1.29, 1.82) is 0 Å². The topological polar surface area (TPSA) is 12.5 Å². The van der Waals surface area contributed by atoms with Gasteiger partial charge in [0.1, 0.15) is 0 Å². The normalized spacial score (nSPS) is 20.5.